The molecule has 0 aliphatic heterocycles. The molecule has 0 aliphatic rings. The van der Waals surface area contributed by atoms with E-state index in [4.69, 9.17) is 10.5 Å². The second-order valence-electron chi connectivity index (χ2n) is 9.30. The third-order valence-corrected chi connectivity index (χ3v) is 5.34. The van der Waals surface area contributed by atoms with Crippen LogP contribution in [0.5, 0.6) is 0 Å². The van der Waals surface area contributed by atoms with Crippen LogP contribution in [0.1, 0.15) is 58.9 Å². The normalized spacial score (nSPS) is 13.6. The molecule has 35 heavy (non-hydrogen) atoms. The lowest BCUT2D eigenvalue weighted by Gasteiger charge is -2.26. The number of amides is 3. The van der Waals surface area contributed by atoms with Gasteiger partial charge in [0.15, 0.2) is 0 Å². The van der Waals surface area contributed by atoms with Crippen molar-refractivity contribution in [3.63, 3.8) is 0 Å². The topological polar surface area (TPSA) is 160 Å². The highest BCUT2D eigenvalue weighted by Crippen LogP contribution is 2.10. The highest BCUT2D eigenvalue weighted by molar-refractivity contribution is 5.93. The number of carboxylic acids is 1. The van der Waals surface area contributed by atoms with Crippen molar-refractivity contribution in [3.05, 3.63) is 35.9 Å². The fourth-order valence-corrected chi connectivity index (χ4v) is 3.41. The van der Waals surface area contributed by atoms with Gasteiger partial charge in [0, 0.05) is 0 Å². The summed E-state index contributed by atoms with van der Waals surface area (Å²) in [7, 11) is 0. The van der Waals surface area contributed by atoms with Crippen molar-refractivity contribution in [1.29, 1.82) is 0 Å². The van der Waals surface area contributed by atoms with E-state index < -0.39 is 42.0 Å². The fraction of sp³-hybridized carbons (Fsp3) is 0.600. The molecule has 0 unspecified atom stereocenters. The Kier molecular flexibility index (Phi) is 13.4. The number of carbonyl (C=O) groups is 4. The molecule has 0 saturated carbocycles. The lowest BCUT2D eigenvalue weighted by Crippen LogP contribution is -2.57. The molecule has 0 heterocycles. The van der Waals surface area contributed by atoms with E-state index in [0.29, 0.717) is 25.8 Å². The number of alkyl carbamates (subject to hydrolysis) is 1. The number of benzene rings is 1. The van der Waals surface area contributed by atoms with Gasteiger partial charge in [0.25, 0.3) is 0 Å². The Morgan fingerprint density at radius 2 is 1.54 bits per heavy atom. The first kappa shape index (κ1) is 29.9. The standard InChI is InChI=1S/C25H40N4O6/c1-16(2)14-20(22(30)27-19(24(32)33)12-8-9-13-26)28-23(31)21(17(3)4)29-25(34)35-15-18-10-6-5-7-11-18/h5-7,10-11,16-17,19-21H,8-9,12-15,26H2,1-4H3,(H,27,30)(H,28,31)(H,29,34)(H,32,33)/t19-,20-,21-/m0/s1. The number of ether oxygens (including phenoxy) is 1. The number of aliphatic carboxylic acids is 1. The van der Waals surface area contributed by atoms with Gasteiger partial charge < -0.3 is 31.5 Å². The minimum Gasteiger partial charge on any atom is -0.480 e. The van der Waals surface area contributed by atoms with E-state index in [9.17, 15) is 24.3 Å². The van der Waals surface area contributed by atoms with E-state index in [-0.39, 0.29) is 24.9 Å². The summed E-state index contributed by atoms with van der Waals surface area (Å²) < 4.78 is 5.22. The van der Waals surface area contributed by atoms with Crippen molar-refractivity contribution in [2.24, 2.45) is 17.6 Å². The van der Waals surface area contributed by atoms with Crippen LogP contribution in [0.3, 0.4) is 0 Å². The van der Waals surface area contributed by atoms with Gasteiger partial charge in [0.05, 0.1) is 0 Å². The number of carbonyl (C=O) groups excluding carboxylic acids is 3. The highest BCUT2D eigenvalue weighted by atomic mass is 16.5. The van der Waals surface area contributed by atoms with Crippen molar-refractivity contribution < 1.29 is 29.0 Å². The number of nitrogens with two attached hydrogens (primary N) is 1. The predicted octanol–water partition coefficient (Wildman–Crippen LogP) is 2.17. The zero-order valence-corrected chi connectivity index (χ0v) is 21.1. The molecule has 1 aromatic carbocycles. The van der Waals surface area contributed by atoms with E-state index in [2.05, 4.69) is 16.0 Å². The summed E-state index contributed by atoms with van der Waals surface area (Å²) in [5, 5.41) is 17.2. The van der Waals surface area contributed by atoms with Gasteiger partial charge in [-0.15, -0.1) is 0 Å². The SMILES string of the molecule is CC(C)C[C@H](NC(=O)[C@@H](NC(=O)OCc1ccccc1)C(C)C)C(=O)N[C@@H](CCCCN)C(=O)O. The molecular weight excluding hydrogens is 452 g/mol. The molecule has 0 radical (unpaired) electrons. The largest absolute Gasteiger partial charge is 0.480 e. The van der Waals surface area contributed by atoms with E-state index >= 15 is 0 Å². The van der Waals surface area contributed by atoms with Crippen LogP contribution in [0.15, 0.2) is 30.3 Å². The highest BCUT2D eigenvalue weighted by Gasteiger charge is 2.31. The Balaban J connectivity index is 2.82. The minimum absolute atomic E-state index is 0.0489. The summed E-state index contributed by atoms with van der Waals surface area (Å²) in [6.45, 7) is 7.79. The van der Waals surface area contributed by atoms with Crippen LogP contribution < -0.4 is 21.7 Å². The van der Waals surface area contributed by atoms with Crippen molar-refractivity contribution in [3.8, 4) is 0 Å². The average molecular weight is 493 g/mol. The first-order chi connectivity index (χ1) is 16.5. The zero-order valence-electron chi connectivity index (χ0n) is 21.1. The van der Waals surface area contributed by atoms with Crippen molar-refractivity contribution in [2.75, 3.05) is 6.54 Å². The Morgan fingerprint density at radius 1 is 0.914 bits per heavy atom. The van der Waals surface area contributed by atoms with Gasteiger partial charge in [0.2, 0.25) is 11.8 Å². The molecule has 3 amide bonds. The molecule has 0 aromatic heterocycles. The summed E-state index contributed by atoms with van der Waals surface area (Å²) in [6.07, 6.45) is 0.992. The van der Waals surface area contributed by atoms with Crippen molar-refractivity contribution in [2.45, 2.75) is 78.1 Å². The van der Waals surface area contributed by atoms with E-state index in [1.165, 1.54) is 0 Å². The Bertz CT molecular complexity index is 815. The molecule has 0 saturated heterocycles. The van der Waals surface area contributed by atoms with E-state index in [0.717, 1.165) is 5.56 Å². The molecule has 6 N–H and O–H groups in total. The molecule has 10 heteroatoms. The molecule has 3 atom stereocenters. The molecule has 0 fully saturated rings. The second kappa shape index (κ2) is 15.7. The Hall–Kier alpha value is -3.14. The number of unbranched alkanes of at least 4 members (excludes halogenated alkanes) is 1. The smallest absolute Gasteiger partial charge is 0.408 e. The number of nitrogens with one attached hydrogen (secondary N) is 3. The van der Waals surface area contributed by atoms with Crippen molar-refractivity contribution in [1.82, 2.24) is 16.0 Å². The summed E-state index contributed by atoms with van der Waals surface area (Å²) in [5.74, 6) is -2.51. The first-order valence-corrected chi connectivity index (χ1v) is 12.1. The summed E-state index contributed by atoms with van der Waals surface area (Å²) in [6, 6.07) is 6.16. The summed E-state index contributed by atoms with van der Waals surface area (Å²) >= 11 is 0. The molecule has 196 valence electrons. The molecule has 10 nitrogen and oxygen atoms in total. The predicted molar refractivity (Wildman–Crippen MR) is 132 cm³/mol. The third kappa shape index (κ3) is 11.7. The lowest BCUT2D eigenvalue weighted by atomic mass is 9.99. The third-order valence-electron chi connectivity index (χ3n) is 5.34. The van der Waals surface area contributed by atoms with Crippen LogP contribution in [-0.2, 0) is 25.7 Å². The minimum atomic E-state index is -1.15. The number of hydrogen-bond donors (Lipinski definition) is 5. The molecule has 1 aromatic rings. The molecule has 1 rings (SSSR count). The van der Waals surface area contributed by atoms with Crippen molar-refractivity contribution >= 4 is 23.9 Å². The summed E-state index contributed by atoms with van der Waals surface area (Å²) in [5.41, 5.74) is 6.27. The van der Waals surface area contributed by atoms with Gasteiger partial charge in [-0.3, -0.25) is 9.59 Å². The van der Waals surface area contributed by atoms with Crippen LogP contribution in [0, 0.1) is 11.8 Å². The van der Waals surface area contributed by atoms with Gasteiger partial charge in [-0.05, 0) is 49.6 Å². The van der Waals surface area contributed by atoms with E-state index in [1.54, 1.807) is 13.8 Å². The average Bonchev–Trinajstić information content (AvgIpc) is 2.80. The van der Waals surface area contributed by atoms with Crippen LogP contribution in [0.25, 0.3) is 0 Å². The van der Waals surface area contributed by atoms with Gasteiger partial charge in [-0.1, -0.05) is 58.0 Å². The zero-order chi connectivity index (χ0) is 26.4. The monoisotopic (exact) mass is 492 g/mol. The second-order valence-corrected chi connectivity index (χ2v) is 9.30. The molecule has 0 spiro atoms. The summed E-state index contributed by atoms with van der Waals surface area (Å²) in [4.78, 5) is 49.8. The molecule has 0 bridgehead atoms. The van der Waals surface area contributed by atoms with Crippen LogP contribution in [-0.4, -0.2) is 53.7 Å². The Labute approximate surface area is 207 Å². The number of rotatable bonds is 15. The first-order valence-electron chi connectivity index (χ1n) is 12.1. The lowest BCUT2D eigenvalue weighted by molar-refractivity contribution is -0.142. The quantitative estimate of drug-likeness (QED) is 0.235. The maximum absolute atomic E-state index is 13.0. The van der Waals surface area contributed by atoms with Gasteiger partial charge in [-0.25, -0.2) is 9.59 Å². The van der Waals surface area contributed by atoms with Crippen LogP contribution >= 0.6 is 0 Å². The van der Waals surface area contributed by atoms with Gasteiger partial charge in [-0.2, -0.15) is 0 Å². The van der Waals surface area contributed by atoms with Gasteiger partial charge >= 0.3 is 12.1 Å². The molecule has 0 aliphatic carbocycles. The fourth-order valence-electron chi connectivity index (χ4n) is 3.41. The van der Waals surface area contributed by atoms with E-state index in [1.807, 2.05) is 44.2 Å². The Morgan fingerprint density at radius 3 is 2.09 bits per heavy atom. The van der Waals surface area contributed by atoms with Crippen LogP contribution in [0.2, 0.25) is 0 Å². The van der Waals surface area contributed by atoms with Crippen LogP contribution in [0.4, 0.5) is 4.79 Å². The van der Waals surface area contributed by atoms with Gasteiger partial charge in [0.1, 0.15) is 24.7 Å². The maximum atomic E-state index is 13.0. The maximum Gasteiger partial charge on any atom is 0.408 e. The number of hydrogen-bond acceptors (Lipinski definition) is 6. The number of carboxylic acid groups (broad SMARTS) is 1. The molecular formula is C25H40N4O6.